The van der Waals surface area contributed by atoms with E-state index in [0.29, 0.717) is 6.42 Å². The van der Waals surface area contributed by atoms with Gasteiger partial charge in [-0.25, -0.2) is 0 Å². The summed E-state index contributed by atoms with van der Waals surface area (Å²) in [4.78, 5) is 22.1. The molecule has 66 valence electrons. The summed E-state index contributed by atoms with van der Waals surface area (Å²) in [5.74, 6) is 0.166. The first-order valence-electron chi connectivity index (χ1n) is 4.18. The molecule has 2 atom stereocenters. The van der Waals surface area contributed by atoms with Crippen molar-refractivity contribution in [3.8, 4) is 0 Å². The zero-order chi connectivity index (χ0) is 9.35. The normalized spacial score (nSPS) is 36.1. The molecule has 0 bridgehead atoms. The van der Waals surface area contributed by atoms with Gasteiger partial charge in [0.1, 0.15) is 6.29 Å². The van der Waals surface area contributed by atoms with Gasteiger partial charge in [0.15, 0.2) is 5.78 Å². The third kappa shape index (κ3) is 1.47. The first-order valence-corrected chi connectivity index (χ1v) is 4.18. The summed E-state index contributed by atoms with van der Waals surface area (Å²) in [6.45, 7) is 5.52. The number of hydrogen-bond donors (Lipinski definition) is 0. The highest BCUT2D eigenvalue weighted by Gasteiger charge is 2.32. The predicted octanol–water partition coefficient (Wildman–Crippen LogP) is 1.75. The highest BCUT2D eigenvalue weighted by Crippen LogP contribution is 2.33. The molecule has 2 unspecified atom stereocenters. The number of carbonyl (C=O) groups excluding carboxylic acids is 2. The van der Waals surface area contributed by atoms with Crippen LogP contribution in [0.15, 0.2) is 11.6 Å². The molecule has 0 aliphatic heterocycles. The summed E-state index contributed by atoms with van der Waals surface area (Å²) in [5.41, 5.74) is 0.306. The van der Waals surface area contributed by atoms with Gasteiger partial charge in [0.05, 0.1) is 0 Å². The molecular formula is C10H14O2. The SMILES string of the molecule is CC1=CC(C)(C=O)CC(C)C1=O. The summed E-state index contributed by atoms with van der Waals surface area (Å²) >= 11 is 0. The molecule has 1 aliphatic carbocycles. The maximum absolute atomic E-state index is 11.3. The van der Waals surface area contributed by atoms with Gasteiger partial charge in [-0.3, -0.25) is 4.79 Å². The fraction of sp³-hybridized carbons (Fsp3) is 0.600. The highest BCUT2D eigenvalue weighted by atomic mass is 16.1. The molecule has 1 rings (SSSR count). The van der Waals surface area contributed by atoms with E-state index >= 15 is 0 Å². The fourth-order valence-electron chi connectivity index (χ4n) is 1.85. The summed E-state index contributed by atoms with van der Waals surface area (Å²) < 4.78 is 0. The lowest BCUT2D eigenvalue weighted by atomic mass is 9.74. The van der Waals surface area contributed by atoms with Crippen LogP contribution in [0.3, 0.4) is 0 Å². The topological polar surface area (TPSA) is 34.1 Å². The van der Waals surface area contributed by atoms with Gasteiger partial charge in [0.2, 0.25) is 0 Å². The molecule has 0 fully saturated rings. The van der Waals surface area contributed by atoms with Crippen molar-refractivity contribution in [2.24, 2.45) is 11.3 Å². The van der Waals surface area contributed by atoms with Gasteiger partial charge >= 0.3 is 0 Å². The second kappa shape index (κ2) is 2.85. The van der Waals surface area contributed by atoms with Crippen molar-refractivity contribution >= 4 is 12.1 Å². The minimum absolute atomic E-state index is 0.00907. The third-order valence-electron chi connectivity index (χ3n) is 2.40. The van der Waals surface area contributed by atoms with Crippen molar-refractivity contribution in [3.63, 3.8) is 0 Å². The molecule has 12 heavy (non-hydrogen) atoms. The van der Waals surface area contributed by atoms with Crippen LogP contribution >= 0.6 is 0 Å². The van der Waals surface area contributed by atoms with Crippen LogP contribution in [-0.4, -0.2) is 12.1 Å². The molecule has 0 saturated carbocycles. The first kappa shape index (κ1) is 9.17. The van der Waals surface area contributed by atoms with Crippen molar-refractivity contribution in [1.29, 1.82) is 0 Å². The largest absolute Gasteiger partial charge is 0.302 e. The van der Waals surface area contributed by atoms with Gasteiger partial charge in [-0.2, -0.15) is 0 Å². The Morgan fingerprint density at radius 2 is 2.25 bits per heavy atom. The molecule has 0 saturated heterocycles. The van der Waals surface area contributed by atoms with Crippen LogP contribution in [0.25, 0.3) is 0 Å². The number of Topliss-reactive ketones (excluding diaryl/α,β-unsaturated/α-hetero) is 1. The Bertz CT molecular complexity index is 253. The third-order valence-corrected chi connectivity index (χ3v) is 2.40. The Morgan fingerprint density at radius 1 is 1.67 bits per heavy atom. The molecule has 0 amide bonds. The summed E-state index contributed by atoms with van der Waals surface area (Å²) in [7, 11) is 0. The van der Waals surface area contributed by atoms with E-state index in [2.05, 4.69) is 0 Å². The smallest absolute Gasteiger partial charge is 0.161 e. The molecule has 0 N–H and O–H groups in total. The standard InChI is InChI=1S/C10H14O2/c1-7-4-10(3,6-11)5-8(2)9(7)12/h4,6,8H,5H2,1-3H3. The summed E-state index contributed by atoms with van der Waals surface area (Å²) in [6.07, 6.45) is 3.36. The van der Waals surface area contributed by atoms with Crippen LogP contribution in [0.4, 0.5) is 0 Å². The fourth-order valence-corrected chi connectivity index (χ4v) is 1.85. The van der Waals surface area contributed by atoms with E-state index in [9.17, 15) is 9.59 Å². The van der Waals surface area contributed by atoms with Gasteiger partial charge in [-0.1, -0.05) is 13.0 Å². The molecule has 0 heterocycles. The van der Waals surface area contributed by atoms with E-state index in [1.807, 2.05) is 13.8 Å². The zero-order valence-electron chi connectivity index (χ0n) is 7.76. The number of ketones is 1. The van der Waals surface area contributed by atoms with Crippen LogP contribution in [0.1, 0.15) is 27.2 Å². The van der Waals surface area contributed by atoms with Gasteiger partial charge in [-0.05, 0) is 25.8 Å². The highest BCUT2D eigenvalue weighted by molar-refractivity contribution is 5.98. The molecule has 0 aromatic carbocycles. The maximum atomic E-state index is 11.3. The molecule has 1 aliphatic rings. The molecule has 0 aromatic rings. The van der Waals surface area contributed by atoms with Crippen LogP contribution in [0.2, 0.25) is 0 Å². The van der Waals surface area contributed by atoms with E-state index in [0.717, 1.165) is 11.9 Å². The van der Waals surface area contributed by atoms with Crippen molar-refractivity contribution in [2.45, 2.75) is 27.2 Å². The van der Waals surface area contributed by atoms with E-state index in [1.165, 1.54) is 0 Å². The minimum Gasteiger partial charge on any atom is -0.302 e. The van der Waals surface area contributed by atoms with Crippen LogP contribution < -0.4 is 0 Å². The lowest BCUT2D eigenvalue weighted by Gasteiger charge is -2.28. The zero-order valence-corrected chi connectivity index (χ0v) is 7.76. The van der Waals surface area contributed by atoms with Crippen LogP contribution in [0.5, 0.6) is 0 Å². The second-order valence-electron chi connectivity index (χ2n) is 3.92. The van der Waals surface area contributed by atoms with Gasteiger partial charge in [0, 0.05) is 11.3 Å². The monoisotopic (exact) mass is 166 g/mol. The number of allylic oxidation sites excluding steroid dienone is 2. The first-order chi connectivity index (χ1) is 5.48. The van der Waals surface area contributed by atoms with Crippen LogP contribution in [-0.2, 0) is 9.59 Å². The van der Waals surface area contributed by atoms with Gasteiger partial charge < -0.3 is 4.79 Å². The predicted molar refractivity (Wildman–Crippen MR) is 46.7 cm³/mol. The number of aldehydes is 1. The molecule has 2 nitrogen and oxygen atoms in total. The van der Waals surface area contributed by atoms with E-state index in [1.54, 1.807) is 13.0 Å². The van der Waals surface area contributed by atoms with E-state index in [-0.39, 0.29) is 11.7 Å². The number of carbonyl (C=O) groups is 2. The lowest BCUT2D eigenvalue weighted by Crippen LogP contribution is -2.29. The van der Waals surface area contributed by atoms with Crippen LogP contribution in [0, 0.1) is 11.3 Å². The molecule has 0 aromatic heterocycles. The molecule has 0 spiro atoms. The lowest BCUT2D eigenvalue weighted by molar-refractivity contribution is -0.122. The average Bonchev–Trinajstić information content (AvgIpc) is 2.00. The Labute approximate surface area is 72.7 Å². The Balaban J connectivity index is 3.02. The van der Waals surface area contributed by atoms with E-state index < -0.39 is 5.41 Å². The molecule has 0 radical (unpaired) electrons. The number of rotatable bonds is 1. The summed E-state index contributed by atoms with van der Waals surface area (Å²) in [6, 6.07) is 0. The Hall–Kier alpha value is -0.920. The van der Waals surface area contributed by atoms with Crippen molar-refractivity contribution in [3.05, 3.63) is 11.6 Å². The Kier molecular flexibility index (Phi) is 2.18. The van der Waals surface area contributed by atoms with E-state index in [4.69, 9.17) is 0 Å². The van der Waals surface area contributed by atoms with Crippen molar-refractivity contribution in [2.75, 3.05) is 0 Å². The minimum atomic E-state index is -0.419. The second-order valence-corrected chi connectivity index (χ2v) is 3.92. The molecule has 2 heteroatoms. The number of hydrogen-bond acceptors (Lipinski definition) is 2. The summed E-state index contributed by atoms with van der Waals surface area (Å²) in [5, 5.41) is 0. The Morgan fingerprint density at radius 3 is 2.67 bits per heavy atom. The van der Waals surface area contributed by atoms with Gasteiger partial charge in [-0.15, -0.1) is 0 Å². The quantitative estimate of drug-likeness (QED) is 0.556. The molecular weight excluding hydrogens is 152 g/mol. The van der Waals surface area contributed by atoms with Gasteiger partial charge in [0.25, 0.3) is 0 Å². The maximum Gasteiger partial charge on any atom is 0.161 e. The van der Waals surface area contributed by atoms with Crippen molar-refractivity contribution in [1.82, 2.24) is 0 Å². The average molecular weight is 166 g/mol. The van der Waals surface area contributed by atoms with Crippen molar-refractivity contribution < 1.29 is 9.59 Å².